The smallest absolute Gasteiger partial charge is 0.255 e. The number of carbonyl (C=O) groups is 1. The highest BCUT2D eigenvalue weighted by Crippen LogP contribution is 2.20. The van der Waals surface area contributed by atoms with Crippen molar-refractivity contribution >= 4 is 11.7 Å². The van der Waals surface area contributed by atoms with E-state index >= 15 is 0 Å². The molecule has 6 nitrogen and oxygen atoms in total. The number of pyridine rings is 2. The summed E-state index contributed by atoms with van der Waals surface area (Å²) >= 11 is 0. The zero-order valence-corrected chi connectivity index (χ0v) is 16.7. The Labute approximate surface area is 166 Å². The summed E-state index contributed by atoms with van der Waals surface area (Å²) in [7, 11) is 0. The molecule has 2 aromatic heterocycles. The van der Waals surface area contributed by atoms with Crippen LogP contribution in [0.3, 0.4) is 0 Å². The number of hydrogen-bond donors (Lipinski definition) is 0. The molecule has 0 atom stereocenters. The molecule has 0 radical (unpaired) electrons. The van der Waals surface area contributed by atoms with E-state index < -0.39 is 0 Å². The van der Waals surface area contributed by atoms with E-state index in [1.54, 1.807) is 18.6 Å². The molecule has 3 rings (SSSR count). The Balaban J connectivity index is 1.55. The first-order valence-corrected chi connectivity index (χ1v) is 9.78. The van der Waals surface area contributed by atoms with Crippen molar-refractivity contribution in [2.45, 2.75) is 32.8 Å². The van der Waals surface area contributed by atoms with Crippen molar-refractivity contribution < 1.29 is 9.53 Å². The number of aromatic nitrogens is 2. The van der Waals surface area contributed by atoms with Crippen LogP contribution in [0.5, 0.6) is 5.75 Å². The van der Waals surface area contributed by atoms with Gasteiger partial charge in [-0.1, -0.05) is 12.2 Å². The normalized spacial score (nSPS) is 14.6. The molecule has 0 aromatic carbocycles. The summed E-state index contributed by atoms with van der Waals surface area (Å²) in [5.74, 6) is 1.68. The van der Waals surface area contributed by atoms with Crippen LogP contribution in [0.25, 0.3) is 0 Å². The number of anilines is 1. The number of likely N-dealkylation sites (N-methyl/N-ethyl adjacent to an activating group) is 1. The third-order valence-corrected chi connectivity index (χ3v) is 4.83. The van der Waals surface area contributed by atoms with Crippen LogP contribution in [0, 0.1) is 0 Å². The van der Waals surface area contributed by atoms with Crippen molar-refractivity contribution in [2.75, 3.05) is 31.1 Å². The molecule has 0 saturated carbocycles. The summed E-state index contributed by atoms with van der Waals surface area (Å²) in [6, 6.07) is 7.55. The lowest BCUT2D eigenvalue weighted by Gasteiger charge is -2.32. The molecular formula is C22H28N4O2. The minimum absolute atomic E-state index is 0.0295. The Morgan fingerprint density at radius 1 is 1.29 bits per heavy atom. The van der Waals surface area contributed by atoms with E-state index in [9.17, 15) is 4.79 Å². The Hall–Kier alpha value is -2.89. The highest BCUT2D eigenvalue weighted by molar-refractivity contribution is 5.94. The molecule has 1 fully saturated rings. The molecule has 148 valence electrons. The van der Waals surface area contributed by atoms with Crippen molar-refractivity contribution in [1.82, 2.24) is 14.9 Å². The van der Waals surface area contributed by atoms with E-state index in [0.29, 0.717) is 18.7 Å². The van der Waals surface area contributed by atoms with Crippen LogP contribution in [0.2, 0.25) is 0 Å². The fourth-order valence-electron chi connectivity index (χ4n) is 3.35. The SMILES string of the molecule is C=C(C)CN(CC)c1ccc(C(=O)N2CCC(Oc3cccnc3)CC2)cn1. The van der Waals surface area contributed by atoms with Crippen LogP contribution in [0.4, 0.5) is 5.82 Å². The van der Waals surface area contributed by atoms with Gasteiger partial charge in [0, 0.05) is 51.4 Å². The summed E-state index contributed by atoms with van der Waals surface area (Å²) in [6.07, 6.45) is 6.87. The van der Waals surface area contributed by atoms with E-state index in [2.05, 4.69) is 28.4 Å². The lowest BCUT2D eigenvalue weighted by Crippen LogP contribution is -2.41. The van der Waals surface area contributed by atoms with Gasteiger partial charge in [0.15, 0.2) is 0 Å². The molecule has 0 spiro atoms. The zero-order chi connectivity index (χ0) is 19.9. The van der Waals surface area contributed by atoms with Gasteiger partial charge in [-0.15, -0.1) is 0 Å². The highest BCUT2D eigenvalue weighted by Gasteiger charge is 2.25. The van der Waals surface area contributed by atoms with Crippen molar-refractivity contribution in [3.63, 3.8) is 0 Å². The molecule has 1 saturated heterocycles. The van der Waals surface area contributed by atoms with Crippen molar-refractivity contribution in [2.24, 2.45) is 0 Å². The lowest BCUT2D eigenvalue weighted by atomic mass is 10.1. The van der Waals surface area contributed by atoms with Gasteiger partial charge in [-0.3, -0.25) is 9.78 Å². The van der Waals surface area contributed by atoms with E-state index in [1.807, 2.05) is 36.1 Å². The number of nitrogens with zero attached hydrogens (tertiary/aromatic N) is 4. The Kier molecular flexibility index (Phi) is 6.63. The number of amides is 1. The maximum absolute atomic E-state index is 12.8. The first-order chi connectivity index (χ1) is 13.6. The fourth-order valence-corrected chi connectivity index (χ4v) is 3.35. The van der Waals surface area contributed by atoms with Crippen LogP contribution in [0.15, 0.2) is 55.0 Å². The Morgan fingerprint density at radius 3 is 2.64 bits per heavy atom. The number of carbonyl (C=O) groups excluding carboxylic acids is 1. The summed E-state index contributed by atoms with van der Waals surface area (Å²) in [4.78, 5) is 25.4. The van der Waals surface area contributed by atoms with E-state index in [4.69, 9.17) is 4.74 Å². The number of piperidine rings is 1. The average Bonchev–Trinajstić information content (AvgIpc) is 2.73. The molecule has 2 aromatic rings. The molecule has 1 aliphatic rings. The van der Waals surface area contributed by atoms with E-state index in [-0.39, 0.29) is 12.0 Å². The quantitative estimate of drug-likeness (QED) is 0.688. The summed E-state index contributed by atoms with van der Waals surface area (Å²) < 4.78 is 5.95. The molecule has 6 heteroatoms. The summed E-state index contributed by atoms with van der Waals surface area (Å²) in [5.41, 5.74) is 1.71. The average molecular weight is 380 g/mol. The standard InChI is InChI=1S/C22H28N4O2/c1-4-25(16-17(2)3)21-8-7-18(14-24-21)22(27)26-12-9-19(10-13-26)28-20-6-5-11-23-15-20/h5-8,11,14-15,19H,2,4,9-10,12-13,16H2,1,3H3. The maximum Gasteiger partial charge on any atom is 0.255 e. The fraction of sp³-hybridized carbons (Fsp3) is 0.409. The highest BCUT2D eigenvalue weighted by atomic mass is 16.5. The minimum atomic E-state index is 0.0295. The largest absolute Gasteiger partial charge is 0.489 e. The number of hydrogen-bond acceptors (Lipinski definition) is 5. The van der Waals surface area contributed by atoms with Gasteiger partial charge < -0.3 is 14.5 Å². The zero-order valence-electron chi connectivity index (χ0n) is 16.7. The van der Waals surface area contributed by atoms with Gasteiger partial charge in [0.05, 0.1) is 11.8 Å². The van der Waals surface area contributed by atoms with Gasteiger partial charge in [-0.05, 0) is 38.1 Å². The lowest BCUT2D eigenvalue weighted by molar-refractivity contribution is 0.0594. The van der Waals surface area contributed by atoms with E-state index in [1.165, 1.54) is 0 Å². The first-order valence-electron chi connectivity index (χ1n) is 9.78. The Bertz CT molecular complexity index is 784. The van der Waals surface area contributed by atoms with Crippen LogP contribution in [-0.4, -0.2) is 53.1 Å². The van der Waals surface area contributed by atoms with Gasteiger partial charge in [0.1, 0.15) is 17.7 Å². The number of ether oxygens (including phenoxy) is 1. The molecular weight excluding hydrogens is 352 g/mol. The minimum Gasteiger partial charge on any atom is -0.489 e. The van der Waals surface area contributed by atoms with Crippen molar-refractivity contribution in [1.29, 1.82) is 0 Å². The monoisotopic (exact) mass is 380 g/mol. The molecule has 0 unspecified atom stereocenters. The van der Waals surface area contributed by atoms with Gasteiger partial charge >= 0.3 is 0 Å². The van der Waals surface area contributed by atoms with E-state index in [0.717, 1.165) is 43.1 Å². The summed E-state index contributed by atoms with van der Waals surface area (Å²) in [5, 5.41) is 0. The first kappa shape index (κ1) is 19.9. The van der Waals surface area contributed by atoms with Gasteiger partial charge in [0.25, 0.3) is 5.91 Å². The van der Waals surface area contributed by atoms with Crippen molar-refractivity contribution in [3.05, 3.63) is 60.6 Å². The number of rotatable bonds is 7. The molecule has 1 aliphatic heterocycles. The van der Waals surface area contributed by atoms with Gasteiger partial charge in [0.2, 0.25) is 0 Å². The predicted octanol–water partition coefficient (Wildman–Crippen LogP) is 3.56. The molecule has 3 heterocycles. The molecule has 28 heavy (non-hydrogen) atoms. The molecule has 0 bridgehead atoms. The van der Waals surface area contributed by atoms with Crippen LogP contribution >= 0.6 is 0 Å². The predicted molar refractivity (Wildman–Crippen MR) is 111 cm³/mol. The van der Waals surface area contributed by atoms with Crippen molar-refractivity contribution in [3.8, 4) is 5.75 Å². The second-order valence-electron chi connectivity index (χ2n) is 7.17. The van der Waals surface area contributed by atoms with Crippen LogP contribution in [-0.2, 0) is 0 Å². The molecule has 1 amide bonds. The second kappa shape index (κ2) is 9.35. The molecule has 0 aliphatic carbocycles. The van der Waals surface area contributed by atoms with Gasteiger partial charge in [-0.25, -0.2) is 4.98 Å². The second-order valence-corrected chi connectivity index (χ2v) is 7.17. The Morgan fingerprint density at radius 2 is 2.07 bits per heavy atom. The maximum atomic E-state index is 12.8. The summed E-state index contributed by atoms with van der Waals surface area (Å²) in [6.45, 7) is 11.0. The van der Waals surface area contributed by atoms with Gasteiger partial charge in [-0.2, -0.15) is 0 Å². The number of likely N-dealkylation sites (tertiary alicyclic amines) is 1. The topological polar surface area (TPSA) is 58.6 Å². The van der Waals surface area contributed by atoms with Crippen LogP contribution in [0.1, 0.15) is 37.0 Å². The third kappa shape index (κ3) is 5.09. The third-order valence-electron chi connectivity index (χ3n) is 4.83. The van der Waals surface area contributed by atoms with Crippen LogP contribution < -0.4 is 9.64 Å². The molecule has 0 N–H and O–H groups in total.